The average Bonchev–Trinajstić information content (AvgIpc) is 2.36. The molecule has 3 aromatic rings. The highest BCUT2D eigenvalue weighted by Crippen LogP contribution is 2.25. The minimum absolute atomic E-state index is 0.586. The summed E-state index contributed by atoms with van der Waals surface area (Å²) in [4.78, 5) is 15.5. The van der Waals surface area contributed by atoms with Gasteiger partial charge < -0.3 is 11.1 Å². The number of fused-ring (bicyclic) bond motifs is 2. The molecule has 0 aliphatic carbocycles. The van der Waals surface area contributed by atoms with E-state index in [1.54, 1.807) is 6.07 Å². The van der Waals surface area contributed by atoms with Gasteiger partial charge in [0.15, 0.2) is 0 Å². The van der Waals surface area contributed by atoms with Gasteiger partial charge in [-0.3, -0.25) is 0 Å². The predicted octanol–water partition coefficient (Wildman–Crippen LogP) is 2.88. The predicted molar refractivity (Wildman–Crippen MR) is 72.5 cm³/mol. The standard InChI is InChI=1S/C14H11N3O/c15-14(18)17-12-7-3-5-10-8-9-4-1-2-6-11(9)16-13(10)12/h1-8H,(H3,15,17,18). The maximum Gasteiger partial charge on any atom is 0.316 e. The van der Waals surface area contributed by atoms with Crippen molar-refractivity contribution in [3.8, 4) is 0 Å². The summed E-state index contributed by atoms with van der Waals surface area (Å²) in [5, 5.41) is 4.63. The van der Waals surface area contributed by atoms with Crippen molar-refractivity contribution in [1.29, 1.82) is 0 Å². The third kappa shape index (κ3) is 1.73. The van der Waals surface area contributed by atoms with E-state index in [-0.39, 0.29) is 0 Å². The van der Waals surface area contributed by atoms with Crippen LogP contribution in [0.2, 0.25) is 0 Å². The second kappa shape index (κ2) is 4.00. The number of carbonyl (C=O) groups excluding carboxylic acids is 1. The normalized spacial score (nSPS) is 10.7. The van der Waals surface area contributed by atoms with Crippen LogP contribution in [0, 0.1) is 0 Å². The lowest BCUT2D eigenvalue weighted by Crippen LogP contribution is -2.19. The summed E-state index contributed by atoms with van der Waals surface area (Å²) in [5.74, 6) is 0. The van der Waals surface area contributed by atoms with E-state index in [4.69, 9.17) is 5.73 Å². The second-order valence-corrected chi connectivity index (χ2v) is 4.05. The highest BCUT2D eigenvalue weighted by Gasteiger charge is 2.05. The van der Waals surface area contributed by atoms with Crippen molar-refractivity contribution in [3.05, 3.63) is 48.5 Å². The molecule has 18 heavy (non-hydrogen) atoms. The number of pyridine rings is 1. The Morgan fingerprint density at radius 2 is 1.83 bits per heavy atom. The van der Waals surface area contributed by atoms with Crippen LogP contribution < -0.4 is 11.1 Å². The van der Waals surface area contributed by atoms with Gasteiger partial charge in [-0.15, -0.1) is 0 Å². The molecule has 0 aliphatic heterocycles. The molecule has 88 valence electrons. The number of rotatable bonds is 1. The number of benzene rings is 2. The number of anilines is 1. The monoisotopic (exact) mass is 237 g/mol. The molecule has 0 saturated carbocycles. The first-order valence-electron chi connectivity index (χ1n) is 5.59. The van der Waals surface area contributed by atoms with E-state index in [1.165, 1.54) is 0 Å². The van der Waals surface area contributed by atoms with Gasteiger partial charge in [0.2, 0.25) is 0 Å². The third-order valence-corrected chi connectivity index (χ3v) is 2.81. The minimum atomic E-state index is -0.586. The van der Waals surface area contributed by atoms with Crippen LogP contribution >= 0.6 is 0 Å². The largest absolute Gasteiger partial charge is 0.351 e. The summed E-state index contributed by atoms with van der Waals surface area (Å²) in [6.45, 7) is 0. The van der Waals surface area contributed by atoms with Gasteiger partial charge in [0, 0.05) is 10.8 Å². The first kappa shape index (κ1) is 10.5. The number of hydrogen-bond acceptors (Lipinski definition) is 2. The topological polar surface area (TPSA) is 68.0 Å². The van der Waals surface area contributed by atoms with E-state index in [9.17, 15) is 4.79 Å². The van der Waals surface area contributed by atoms with Crippen LogP contribution in [-0.4, -0.2) is 11.0 Å². The van der Waals surface area contributed by atoms with E-state index in [0.29, 0.717) is 5.69 Å². The van der Waals surface area contributed by atoms with Gasteiger partial charge in [-0.2, -0.15) is 0 Å². The number of para-hydroxylation sites is 2. The van der Waals surface area contributed by atoms with E-state index in [0.717, 1.165) is 21.8 Å². The highest BCUT2D eigenvalue weighted by molar-refractivity contribution is 6.02. The lowest BCUT2D eigenvalue weighted by atomic mass is 10.1. The molecule has 0 fully saturated rings. The van der Waals surface area contributed by atoms with Crippen LogP contribution in [0.25, 0.3) is 21.8 Å². The Morgan fingerprint density at radius 1 is 1.06 bits per heavy atom. The van der Waals surface area contributed by atoms with Gasteiger partial charge in [-0.05, 0) is 18.2 Å². The van der Waals surface area contributed by atoms with Crippen LogP contribution in [0.3, 0.4) is 0 Å². The number of hydrogen-bond donors (Lipinski definition) is 2. The molecular formula is C14H11N3O. The van der Waals surface area contributed by atoms with Crippen LogP contribution in [0.1, 0.15) is 0 Å². The number of nitrogens with zero attached hydrogens (tertiary/aromatic N) is 1. The molecule has 1 heterocycles. The SMILES string of the molecule is NC(=O)Nc1cccc2cc3ccccc3nc12. The molecule has 1 aromatic heterocycles. The van der Waals surface area contributed by atoms with E-state index in [2.05, 4.69) is 10.3 Å². The van der Waals surface area contributed by atoms with Gasteiger partial charge >= 0.3 is 6.03 Å². The van der Waals surface area contributed by atoms with Gasteiger partial charge in [0.1, 0.15) is 0 Å². The molecule has 0 aliphatic rings. The van der Waals surface area contributed by atoms with Gasteiger partial charge in [0.05, 0.1) is 16.7 Å². The highest BCUT2D eigenvalue weighted by atomic mass is 16.2. The first-order chi connectivity index (χ1) is 8.74. The molecule has 2 amide bonds. The van der Waals surface area contributed by atoms with Crippen LogP contribution in [0.5, 0.6) is 0 Å². The fourth-order valence-corrected chi connectivity index (χ4v) is 2.04. The van der Waals surface area contributed by atoms with Crippen LogP contribution in [0.15, 0.2) is 48.5 Å². The molecule has 0 radical (unpaired) electrons. The molecule has 0 spiro atoms. The molecule has 3 rings (SSSR count). The lowest BCUT2D eigenvalue weighted by molar-refractivity contribution is 0.259. The number of aromatic nitrogens is 1. The molecular weight excluding hydrogens is 226 g/mol. The van der Waals surface area contributed by atoms with Crippen molar-refractivity contribution in [2.24, 2.45) is 5.73 Å². The molecule has 4 heteroatoms. The third-order valence-electron chi connectivity index (χ3n) is 2.81. The summed E-state index contributed by atoms with van der Waals surface area (Å²) in [5.41, 5.74) is 7.42. The van der Waals surface area contributed by atoms with Crippen LogP contribution in [0.4, 0.5) is 10.5 Å². The second-order valence-electron chi connectivity index (χ2n) is 4.05. The summed E-state index contributed by atoms with van der Waals surface area (Å²) < 4.78 is 0. The molecule has 2 aromatic carbocycles. The number of primary amides is 1. The van der Waals surface area contributed by atoms with E-state index >= 15 is 0 Å². The zero-order valence-electron chi connectivity index (χ0n) is 9.55. The Balaban J connectivity index is 2.32. The molecule has 0 bridgehead atoms. The van der Waals surface area contributed by atoms with Crippen molar-refractivity contribution in [2.45, 2.75) is 0 Å². The van der Waals surface area contributed by atoms with Crippen molar-refractivity contribution in [3.63, 3.8) is 0 Å². The van der Waals surface area contributed by atoms with Crippen molar-refractivity contribution < 1.29 is 4.79 Å². The van der Waals surface area contributed by atoms with Gasteiger partial charge in [0.25, 0.3) is 0 Å². The maximum absolute atomic E-state index is 11.0. The smallest absolute Gasteiger partial charge is 0.316 e. The summed E-state index contributed by atoms with van der Waals surface area (Å²) in [6.07, 6.45) is 0. The Morgan fingerprint density at radius 3 is 2.67 bits per heavy atom. The summed E-state index contributed by atoms with van der Waals surface area (Å²) in [7, 11) is 0. The number of nitrogens with two attached hydrogens (primary N) is 1. The molecule has 0 atom stereocenters. The Bertz CT molecular complexity index is 752. The molecule has 4 nitrogen and oxygen atoms in total. The Kier molecular flexibility index (Phi) is 2.34. The molecule has 0 saturated heterocycles. The number of nitrogens with one attached hydrogen (secondary N) is 1. The fourth-order valence-electron chi connectivity index (χ4n) is 2.04. The zero-order valence-corrected chi connectivity index (χ0v) is 9.55. The minimum Gasteiger partial charge on any atom is -0.351 e. The van der Waals surface area contributed by atoms with E-state index in [1.807, 2.05) is 42.5 Å². The van der Waals surface area contributed by atoms with Crippen molar-refractivity contribution >= 4 is 33.5 Å². The van der Waals surface area contributed by atoms with E-state index < -0.39 is 6.03 Å². The van der Waals surface area contributed by atoms with Crippen LogP contribution in [-0.2, 0) is 0 Å². The zero-order chi connectivity index (χ0) is 12.5. The van der Waals surface area contributed by atoms with Gasteiger partial charge in [-0.1, -0.05) is 30.3 Å². The Labute approximate surface area is 103 Å². The lowest BCUT2D eigenvalue weighted by Gasteiger charge is -2.07. The van der Waals surface area contributed by atoms with Crippen molar-refractivity contribution in [2.75, 3.05) is 5.32 Å². The quantitative estimate of drug-likeness (QED) is 0.639. The maximum atomic E-state index is 11.0. The molecule has 0 unspecified atom stereocenters. The Hall–Kier alpha value is -2.62. The molecule has 3 N–H and O–H groups in total. The number of amides is 2. The summed E-state index contributed by atoms with van der Waals surface area (Å²) in [6, 6.07) is 14.9. The first-order valence-corrected chi connectivity index (χ1v) is 5.59. The summed E-state index contributed by atoms with van der Waals surface area (Å²) >= 11 is 0. The van der Waals surface area contributed by atoms with Gasteiger partial charge in [-0.25, -0.2) is 9.78 Å². The number of urea groups is 1. The fraction of sp³-hybridized carbons (Fsp3) is 0. The number of carbonyl (C=O) groups is 1. The van der Waals surface area contributed by atoms with Crippen molar-refractivity contribution in [1.82, 2.24) is 4.98 Å². The average molecular weight is 237 g/mol.